The van der Waals surface area contributed by atoms with Crippen molar-refractivity contribution >= 4 is 28.2 Å². The topological polar surface area (TPSA) is 97.9 Å². The monoisotopic (exact) mass is 422 g/mol. The Balaban J connectivity index is 1.63. The summed E-state index contributed by atoms with van der Waals surface area (Å²) in [5.74, 6) is 0.567. The lowest BCUT2D eigenvalue weighted by Gasteiger charge is -2.36. The van der Waals surface area contributed by atoms with Gasteiger partial charge in [-0.2, -0.15) is 0 Å². The average molecular weight is 422 g/mol. The number of methoxy groups -OCH3 is 1. The Hall–Kier alpha value is -3.88. The zero-order chi connectivity index (χ0) is 22.1. The number of hydrogen-bond acceptors (Lipinski definition) is 6. The van der Waals surface area contributed by atoms with E-state index < -0.39 is 16.2 Å². The molecule has 3 aromatic rings. The van der Waals surface area contributed by atoms with Crippen molar-refractivity contribution in [3.8, 4) is 5.75 Å². The third-order valence-electron chi connectivity index (χ3n) is 5.65. The van der Waals surface area contributed by atoms with Gasteiger partial charge in [-0.05, 0) is 30.3 Å². The van der Waals surface area contributed by atoms with Gasteiger partial charge in [-0.15, -0.1) is 0 Å². The zero-order valence-electron chi connectivity index (χ0n) is 17.3. The van der Waals surface area contributed by atoms with E-state index in [1.807, 2.05) is 4.90 Å². The minimum absolute atomic E-state index is 0.106. The van der Waals surface area contributed by atoms with Crippen LogP contribution in [0.1, 0.15) is 10.4 Å². The van der Waals surface area contributed by atoms with E-state index in [2.05, 4.69) is 0 Å². The van der Waals surface area contributed by atoms with Crippen LogP contribution in [-0.2, 0) is 7.05 Å². The van der Waals surface area contributed by atoms with Gasteiger partial charge in [0, 0.05) is 44.2 Å². The predicted molar refractivity (Wildman–Crippen MR) is 117 cm³/mol. The molecule has 1 aliphatic heterocycles. The number of hydrogen-bond donors (Lipinski definition) is 0. The van der Waals surface area contributed by atoms with E-state index in [0.717, 1.165) is 0 Å². The summed E-state index contributed by atoms with van der Waals surface area (Å²) >= 11 is 0. The molecule has 0 spiro atoms. The van der Waals surface area contributed by atoms with Crippen LogP contribution in [0, 0.1) is 10.1 Å². The summed E-state index contributed by atoms with van der Waals surface area (Å²) < 4.78 is 6.43. The molecule has 2 aromatic carbocycles. The number of nitro groups is 1. The number of amides is 1. The van der Waals surface area contributed by atoms with Crippen LogP contribution in [0.3, 0.4) is 0 Å². The van der Waals surface area contributed by atoms with Gasteiger partial charge in [0.05, 0.1) is 17.5 Å². The van der Waals surface area contributed by atoms with Gasteiger partial charge >= 0.3 is 11.2 Å². The number of fused-ring (bicyclic) bond motifs is 1. The van der Waals surface area contributed by atoms with Crippen LogP contribution in [0.25, 0.3) is 10.9 Å². The standard InChI is InChI=1S/C22H22N4O5/c1-23-18-6-4-3-5-17(18)19(20(22(23)28)26(29)30)24-11-13-25(14-12-24)21(27)15-7-9-16(31-2)10-8-15/h3-10H,11-14H2,1-2H3. The van der Waals surface area contributed by atoms with E-state index in [1.54, 1.807) is 60.5 Å². The lowest BCUT2D eigenvalue weighted by atomic mass is 10.1. The molecule has 0 atom stereocenters. The molecule has 1 aliphatic rings. The van der Waals surface area contributed by atoms with Gasteiger partial charge in [-0.25, -0.2) is 0 Å². The third-order valence-corrected chi connectivity index (χ3v) is 5.65. The van der Waals surface area contributed by atoms with Crippen molar-refractivity contribution in [2.75, 3.05) is 38.2 Å². The molecule has 1 saturated heterocycles. The summed E-state index contributed by atoms with van der Waals surface area (Å²) in [6.45, 7) is 1.57. The number of anilines is 1. The van der Waals surface area contributed by atoms with Crippen molar-refractivity contribution in [3.05, 3.63) is 74.6 Å². The number of piperazine rings is 1. The molecule has 0 saturated carbocycles. The number of nitrogens with zero attached hydrogens (tertiary/aromatic N) is 4. The van der Waals surface area contributed by atoms with E-state index in [4.69, 9.17) is 4.74 Å². The van der Waals surface area contributed by atoms with Gasteiger partial charge in [-0.3, -0.25) is 19.7 Å². The van der Waals surface area contributed by atoms with Crippen molar-refractivity contribution < 1.29 is 14.5 Å². The fraction of sp³-hybridized carbons (Fsp3) is 0.273. The first-order valence-electron chi connectivity index (χ1n) is 9.86. The molecular weight excluding hydrogens is 400 g/mol. The maximum atomic E-state index is 12.8. The van der Waals surface area contributed by atoms with E-state index in [-0.39, 0.29) is 5.91 Å². The molecule has 1 amide bonds. The quantitative estimate of drug-likeness (QED) is 0.473. The number of rotatable bonds is 4. The Morgan fingerprint density at radius 1 is 1.03 bits per heavy atom. The molecule has 0 bridgehead atoms. The van der Waals surface area contributed by atoms with Gasteiger partial charge in [0.15, 0.2) is 0 Å². The van der Waals surface area contributed by atoms with Gasteiger partial charge in [0.25, 0.3) is 5.91 Å². The molecule has 0 aliphatic carbocycles. The molecule has 9 heteroatoms. The van der Waals surface area contributed by atoms with Crippen LogP contribution in [-0.4, -0.2) is 53.6 Å². The first-order valence-corrected chi connectivity index (χ1v) is 9.86. The SMILES string of the molecule is COc1ccc(C(=O)N2CCN(c3c([N+](=O)[O-])c(=O)n(C)c4ccccc34)CC2)cc1. The second-order valence-corrected chi connectivity index (χ2v) is 7.34. The largest absolute Gasteiger partial charge is 0.497 e. The fourth-order valence-corrected chi connectivity index (χ4v) is 4.00. The Bertz CT molecular complexity index is 1210. The summed E-state index contributed by atoms with van der Waals surface area (Å²) in [6, 6.07) is 14.0. The molecule has 4 rings (SSSR count). The number of aryl methyl sites for hydroxylation is 1. The van der Waals surface area contributed by atoms with Crippen LogP contribution in [0.15, 0.2) is 53.3 Å². The Morgan fingerprint density at radius 3 is 2.29 bits per heavy atom. The first kappa shape index (κ1) is 20.4. The maximum absolute atomic E-state index is 12.8. The van der Waals surface area contributed by atoms with Crippen LogP contribution in [0.2, 0.25) is 0 Å². The molecule has 160 valence electrons. The fourth-order valence-electron chi connectivity index (χ4n) is 4.00. The number of carbonyl (C=O) groups excluding carboxylic acids is 1. The van der Waals surface area contributed by atoms with Crippen LogP contribution in [0.4, 0.5) is 11.4 Å². The lowest BCUT2D eigenvalue weighted by Crippen LogP contribution is -2.49. The summed E-state index contributed by atoms with van der Waals surface area (Å²) in [5, 5.41) is 12.4. The highest BCUT2D eigenvalue weighted by atomic mass is 16.6. The molecule has 31 heavy (non-hydrogen) atoms. The molecule has 0 radical (unpaired) electrons. The number of para-hydroxylation sites is 1. The van der Waals surface area contributed by atoms with E-state index in [0.29, 0.717) is 54.1 Å². The number of benzene rings is 2. The number of ether oxygens (including phenoxy) is 1. The summed E-state index contributed by atoms with van der Waals surface area (Å²) in [7, 11) is 3.10. The maximum Gasteiger partial charge on any atom is 0.357 e. The summed E-state index contributed by atoms with van der Waals surface area (Å²) in [4.78, 5) is 40.3. The van der Waals surface area contributed by atoms with Gasteiger partial charge in [0.2, 0.25) is 0 Å². The van der Waals surface area contributed by atoms with Crippen LogP contribution >= 0.6 is 0 Å². The predicted octanol–water partition coefficient (Wildman–Crippen LogP) is 2.42. The number of aromatic nitrogens is 1. The highest BCUT2D eigenvalue weighted by molar-refractivity contribution is 5.97. The average Bonchev–Trinajstić information content (AvgIpc) is 2.80. The normalized spacial score (nSPS) is 14.0. The minimum Gasteiger partial charge on any atom is -0.497 e. The van der Waals surface area contributed by atoms with E-state index in [1.165, 1.54) is 11.6 Å². The molecule has 0 N–H and O–H groups in total. The van der Waals surface area contributed by atoms with Gasteiger partial charge in [-0.1, -0.05) is 18.2 Å². The van der Waals surface area contributed by atoms with Crippen molar-refractivity contribution in [2.24, 2.45) is 7.05 Å². The highest BCUT2D eigenvalue weighted by Gasteiger charge is 2.31. The van der Waals surface area contributed by atoms with Crippen molar-refractivity contribution in [1.29, 1.82) is 0 Å². The summed E-state index contributed by atoms with van der Waals surface area (Å²) in [6.07, 6.45) is 0. The van der Waals surface area contributed by atoms with Crippen molar-refractivity contribution in [3.63, 3.8) is 0 Å². The van der Waals surface area contributed by atoms with Crippen molar-refractivity contribution in [1.82, 2.24) is 9.47 Å². The molecule has 1 fully saturated rings. The molecule has 9 nitrogen and oxygen atoms in total. The molecule has 0 unspecified atom stereocenters. The zero-order valence-corrected chi connectivity index (χ0v) is 17.3. The molecule has 2 heterocycles. The Labute approximate surface area is 178 Å². The third kappa shape index (κ3) is 3.58. The van der Waals surface area contributed by atoms with Gasteiger partial charge in [0.1, 0.15) is 11.4 Å². The number of carbonyl (C=O) groups is 1. The highest BCUT2D eigenvalue weighted by Crippen LogP contribution is 2.34. The Morgan fingerprint density at radius 2 is 1.68 bits per heavy atom. The van der Waals surface area contributed by atoms with Crippen LogP contribution in [0.5, 0.6) is 5.75 Å². The summed E-state index contributed by atoms with van der Waals surface area (Å²) in [5.41, 5.74) is 0.427. The van der Waals surface area contributed by atoms with Crippen molar-refractivity contribution in [2.45, 2.75) is 0 Å². The molecule has 1 aromatic heterocycles. The smallest absolute Gasteiger partial charge is 0.357 e. The van der Waals surface area contributed by atoms with Crippen LogP contribution < -0.4 is 15.2 Å². The second kappa shape index (κ2) is 8.10. The Kier molecular flexibility index (Phi) is 5.33. The molecular formula is C22H22N4O5. The minimum atomic E-state index is -0.643. The van der Waals surface area contributed by atoms with E-state index in [9.17, 15) is 19.7 Å². The lowest BCUT2D eigenvalue weighted by molar-refractivity contribution is -0.385. The van der Waals surface area contributed by atoms with E-state index >= 15 is 0 Å². The first-order chi connectivity index (χ1) is 14.9. The number of pyridine rings is 1. The van der Waals surface area contributed by atoms with Gasteiger partial charge < -0.3 is 19.1 Å². The second-order valence-electron chi connectivity index (χ2n) is 7.34.